The van der Waals surface area contributed by atoms with E-state index >= 15 is 0 Å². The fourth-order valence-corrected chi connectivity index (χ4v) is 8.47. The fraction of sp³-hybridized carbons (Fsp3) is 0.680. The summed E-state index contributed by atoms with van der Waals surface area (Å²) in [6.45, 7) is 8.50. The van der Waals surface area contributed by atoms with Crippen molar-refractivity contribution in [1.82, 2.24) is 0 Å². The van der Waals surface area contributed by atoms with Gasteiger partial charge in [0.05, 0.1) is 74.6 Å². The van der Waals surface area contributed by atoms with Gasteiger partial charge < -0.3 is 79.5 Å². The smallest absolute Gasteiger partial charge is 0.314 e. The highest BCUT2D eigenvalue weighted by Crippen LogP contribution is 2.41. The molecule has 3 heterocycles. The van der Waals surface area contributed by atoms with Crippen molar-refractivity contribution in [2.75, 3.05) is 14.2 Å². The summed E-state index contributed by atoms with van der Waals surface area (Å²) in [7, 11) is 2.24. The first-order valence-corrected chi connectivity index (χ1v) is 23.5. The molecule has 20 unspecified atom stereocenters. The molecule has 2 saturated heterocycles. The lowest BCUT2D eigenvalue weighted by Gasteiger charge is -2.50. The van der Waals surface area contributed by atoms with Crippen LogP contribution in [0.4, 0.5) is 0 Å². The second-order valence-electron chi connectivity index (χ2n) is 18.3. The molecular weight excluding hydrogens is 889 g/mol. The molecule has 2 bridgehead atoms. The quantitative estimate of drug-likeness (QED) is 0.180. The second kappa shape index (κ2) is 29.0. The van der Waals surface area contributed by atoms with E-state index in [-0.39, 0.29) is 31.6 Å². The summed E-state index contributed by atoms with van der Waals surface area (Å²) in [6.07, 6.45) is 3.39. The van der Waals surface area contributed by atoms with Gasteiger partial charge in [0.25, 0.3) is 0 Å². The third-order valence-corrected chi connectivity index (χ3v) is 13.0. The van der Waals surface area contributed by atoms with Crippen LogP contribution in [0.5, 0.6) is 0 Å². The number of allylic oxidation sites excluding steroid dienone is 12. The molecule has 10 N–H and O–H groups in total. The van der Waals surface area contributed by atoms with Crippen LogP contribution in [0.15, 0.2) is 85.1 Å². The molecule has 3 aliphatic rings. The van der Waals surface area contributed by atoms with Gasteiger partial charge in [-0.1, -0.05) is 106 Å². The van der Waals surface area contributed by atoms with E-state index in [9.17, 15) is 60.7 Å². The van der Waals surface area contributed by atoms with Crippen molar-refractivity contribution >= 4 is 11.9 Å². The fourth-order valence-electron chi connectivity index (χ4n) is 8.47. The number of methoxy groups -OCH3 is 2. The molecule has 0 saturated carbocycles. The zero-order chi connectivity index (χ0) is 50.7. The van der Waals surface area contributed by atoms with Crippen LogP contribution in [0.3, 0.4) is 0 Å². The molecule has 18 nitrogen and oxygen atoms in total. The maximum Gasteiger partial charge on any atom is 0.314 e. The Hall–Kier alpha value is -3.44. The largest absolute Gasteiger partial charge is 0.469 e. The predicted octanol–water partition coefficient (Wildman–Crippen LogP) is 1.73. The Morgan fingerprint density at radius 2 is 1.19 bits per heavy atom. The van der Waals surface area contributed by atoms with Gasteiger partial charge in [-0.3, -0.25) is 9.59 Å². The van der Waals surface area contributed by atoms with Crippen molar-refractivity contribution in [2.24, 2.45) is 23.7 Å². The average Bonchev–Trinajstić information content (AvgIpc) is 3.29. The number of hydrogen-bond donors (Lipinski definition) is 10. The van der Waals surface area contributed by atoms with Crippen LogP contribution in [-0.4, -0.2) is 175 Å². The van der Waals surface area contributed by atoms with Crippen molar-refractivity contribution in [3.05, 3.63) is 85.1 Å². The minimum Gasteiger partial charge on any atom is -0.469 e. The van der Waals surface area contributed by atoms with E-state index in [0.717, 1.165) is 14.2 Å². The highest BCUT2D eigenvalue weighted by molar-refractivity contribution is 5.74. The van der Waals surface area contributed by atoms with E-state index in [0.29, 0.717) is 0 Å². The number of aliphatic hydroxyl groups excluding tert-OH is 10. The van der Waals surface area contributed by atoms with E-state index in [1.165, 1.54) is 0 Å². The molecule has 386 valence electrons. The maximum atomic E-state index is 13.2. The van der Waals surface area contributed by atoms with Crippen molar-refractivity contribution in [3.8, 4) is 0 Å². The Kier molecular flexibility index (Phi) is 25.1. The molecule has 3 aliphatic heterocycles. The van der Waals surface area contributed by atoms with E-state index in [1.54, 1.807) is 76.3 Å². The normalized spacial score (nSPS) is 45.1. The van der Waals surface area contributed by atoms with Gasteiger partial charge in [0.2, 0.25) is 0 Å². The summed E-state index contributed by atoms with van der Waals surface area (Å²) in [5.74, 6) is -6.76. The van der Waals surface area contributed by atoms with Crippen molar-refractivity contribution < 1.29 is 89.1 Å². The lowest BCUT2D eigenvalue weighted by molar-refractivity contribution is -0.356. The highest BCUT2D eigenvalue weighted by atomic mass is 16.7. The summed E-state index contributed by atoms with van der Waals surface area (Å²) < 4.78 is 34.6. The van der Waals surface area contributed by atoms with Crippen molar-refractivity contribution in [3.63, 3.8) is 0 Å². The lowest BCUT2D eigenvalue weighted by atomic mass is 9.80. The van der Waals surface area contributed by atoms with Gasteiger partial charge in [-0.05, 0) is 33.1 Å². The molecule has 0 aliphatic carbocycles. The Bertz CT molecular complexity index is 1730. The van der Waals surface area contributed by atoms with Crippen LogP contribution < -0.4 is 0 Å². The first kappa shape index (κ1) is 58.9. The molecule has 0 radical (unpaired) electrons. The first-order chi connectivity index (χ1) is 32.2. The molecule has 0 aromatic rings. The average molecular weight is 967 g/mol. The molecule has 18 heteroatoms. The zero-order valence-corrected chi connectivity index (χ0v) is 40.2. The molecule has 20 atom stereocenters. The number of hydrogen-bond acceptors (Lipinski definition) is 18. The van der Waals surface area contributed by atoms with Gasteiger partial charge in [-0.25, -0.2) is 0 Å². The molecule has 2 fully saturated rings. The molecule has 0 aromatic heterocycles. The number of esters is 2. The lowest BCUT2D eigenvalue weighted by Crippen LogP contribution is -2.66. The standard InChI is InChI=1S/C50H78O18/c1-29-20-18-16-14-12-10-8-9-11-13-15-17-19-21-37(67-49-45(59)31(3)44(58)33(5)66-49)27-40-42(48(62)63-6)46(60)47(61)50(64-7,68-40)28-36(53)25-39(55)38(54)23-22-34(51)24-35(52)26-41(56)65-32(4)30(2)43(29)57/h8-21,29-40,42-47,49,51-55,57-61H,22-28H2,1-7H3/b9-8+,12-10+,13-11+,16-14+,17-15+,20-18+,21-19+. The van der Waals surface area contributed by atoms with Crippen LogP contribution in [-0.2, 0) is 38.0 Å². The molecule has 0 amide bonds. The number of fused-ring (bicyclic) bond motifs is 2. The van der Waals surface area contributed by atoms with E-state index < -0.39 is 146 Å². The van der Waals surface area contributed by atoms with Crippen LogP contribution in [0, 0.1) is 23.7 Å². The zero-order valence-electron chi connectivity index (χ0n) is 40.2. The predicted molar refractivity (Wildman–Crippen MR) is 249 cm³/mol. The van der Waals surface area contributed by atoms with E-state index in [4.69, 9.17) is 28.4 Å². The number of carbonyl (C=O) groups is 2. The Labute approximate surface area is 400 Å². The number of carbonyl (C=O) groups excluding carboxylic acids is 2. The molecule has 0 aromatic carbocycles. The van der Waals surface area contributed by atoms with Gasteiger partial charge in [-0.2, -0.15) is 0 Å². The van der Waals surface area contributed by atoms with Crippen LogP contribution in [0.1, 0.15) is 79.6 Å². The van der Waals surface area contributed by atoms with Crippen LogP contribution in [0.25, 0.3) is 0 Å². The summed E-state index contributed by atoms with van der Waals surface area (Å²) >= 11 is 0. The second-order valence-corrected chi connectivity index (χ2v) is 18.3. The topological polar surface area (TPSA) is 292 Å². The number of ether oxygens (including phenoxy) is 6. The number of cyclic esters (lactones) is 1. The van der Waals surface area contributed by atoms with Crippen molar-refractivity contribution in [1.29, 1.82) is 0 Å². The van der Waals surface area contributed by atoms with Gasteiger partial charge in [0.15, 0.2) is 12.1 Å². The van der Waals surface area contributed by atoms with Crippen molar-refractivity contribution in [2.45, 2.75) is 177 Å². The maximum absolute atomic E-state index is 13.2. The monoisotopic (exact) mass is 967 g/mol. The highest BCUT2D eigenvalue weighted by Gasteiger charge is 2.58. The Morgan fingerprint density at radius 1 is 0.618 bits per heavy atom. The van der Waals surface area contributed by atoms with Crippen LogP contribution in [0.2, 0.25) is 0 Å². The SMILES string of the molecule is COC(=O)C1C2CC(OC3OC(C)C(O)C(C)C3O)/C=C/C=C/C=C/C=C/C=C/C=C/C=C/C(C)C(O)C(C)C(C)OC(=O)CC(O)CC(O)CCC(O)C(O)CC(O)CC(OC)(O2)C(O)C1O. The molecular formula is C50H78O18. The minimum absolute atomic E-state index is 0.105. The molecule has 3 rings (SSSR count). The third-order valence-electron chi connectivity index (χ3n) is 13.0. The number of aliphatic hydroxyl groups is 10. The van der Waals surface area contributed by atoms with Gasteiger partial charge >= 0.3 is 11.9 Å². The third kappa shape index (κ3) is 17.8. The van der Waals surface area contributed by atoms with E-state index in [2.05, 4.69) is 0 Å². The number of rotatable bonds is 4. The summed E-state index contributed by atoms with van der Waals surface area (Å²) in [5.41, 5.74) is 0. The summed E-state index contributed by atoms with van der Waals surface area (Å²) in [5, 5.41) is 110. The summed E-state index contributed by atoms with van der Waals surface area (Å²) in [4.78, 5) is 25.9. The Balaban J connectivity index is 1.94. The summed E-state index contributed by atoms with van der Waals surface area (Å²) in [6, 6.07) is 0. The van der Waals surface area contributed by atoms with Gasteiger partial charge in [0.1, 0.15) is 30.3 Å². The first-order valence-electron chi connectivity index (χ1n) is 23.5. The Morgan fingerprint density at radius 3 is 1.76 bits per heavy atom. The van der Waals surface area contributed by atoms with Gasteiger partial charge in [-0.15, -0.1) is 0 Å². The molecule has 0 spiro atoms. The van der Waals surface area contributed by atoms with Crippen LogP contribution >= 0.6 is 0 Å². The minimum atomic E-state index is -2.20. The molecule has 68 heavy (non-hydrogen) atoms. The van der Waals surface area contributed by atoms with Gasteiger partial charge in [0, 0.05) is 44.1 Å². The van der Waals surface area contributed by atoms with E-state index in [1.807, 2.05) is 43.4 Å².